The Hall–Kier alpha value is -1.61. The summed E-state index contributed by atoms with van der Waals surface area (Å²) in [6.07, 6.45) is 6.80. The van der Waals surface area contributed by atoms with Crippen LogP contribution in [-0.4, -0.2) is 54.3 Å². The van der Waals surface area contributed by atoms with Crippen molar-refractivity contribution in [3.05, 3.63) is 54.1 Å². The van der Waals surface area contributed by atoms with E-state index in [9.17, 15) is 0 Å². The number of aliphatic imine (C=N–C) groups is 1. The van der Waals surface area contributed by atoms with Crippen LogP contribution in [0.5, 0.6) is 0 Å². The Kier molecular flexibility index (Phi) is 8.37. The topological polar surface area (TPSA) is 54.7 Å². The number of halogens is 1. The number of guanidine groups is 1. The van der Waals surface area contributed by atoms with Crippen LogP contribution in [0.2, 0.25) is 0 Å². The molecule has 1 atom stereocenters. The molecule has 1 aliphatic heterocycles. The summed E-state index contributed by atoms with van der Waals surface area (Å²) in [5.74, 6) is 1.57. The maximum atomic E-state index is 5.28. The number of nitrogens with zero attached hydrogens (tertiary/aromatic N) is 4. The van der Waals surface area contributed by atoms with Gasteiger partial charge in [-0.25, -0.2) is 4.98 Å². The summed E-state index contributed by atoms with van der Waals surface area (Å²) in [6, 6.07) is 8.64. The molecule has 0 saturated carbocycles. The summed E-state index contributed by atoms with van der Waals surface area (Å²) in [6.45, 7) is 4.48. The number of nitrogens with one attached hydrogen (secondary N) is 1. The third-order valence-electron chi connectivity index (χ3n) is 4.57. The molecule has 2 heterocycles. The molecule has 1 saturated heterocycles. The SMILES string of the molecule is CN=C(NCc1cccc(Cn2ccnc2)c1)N1CCC(COC)C1.I. The molecule has 1 fully saturated rings. The molecule has 1 aromatic heterocycles. The van der Waals surface area contributed by atoms with Crippen molar-refractivity contribution in [2.24, 2.45) is 10.9 Å². The van der Waals surface area contributed by atoms with E-state index in [2.05, 4.69) is 49.0 Å². The highest BCUT2D eigenvalue weighted by Gasteiger charge is 2.24. The Morgan fingerprint density at radius 2 is 2.23 bits per heavy atom. The number of likely N-dealkylation sites (tertiary alicyclic amines) is 1. The zero-order chi connectivity index (χ0) is 17.5. The number of hydrogen-bond donors (Lipinski definition) is 1. The number of methoxy groups -OCH3 is 1. The Morgan fingerprint density at radius 1 is 1.38 bits per heavy atom. The molecule has 3 rings (SSSR count). The van der Waals surface area contributed by atoms with Crippen molar-refractivity contribution >= 4 is 29.9 Å². The summed E-state index contributed by atoms with van der Waals surface area (Å²) in [7, 11) is 3.62. The first-order valence-electron chi connectivity index (χ1n) is 8.76. The van der Waals surface area contributed by atoms with E-state index in [1.54, 1.807) is 7.11 Å². The molecule has 2 aromatic rings. The molecule has 7 heteroatoms. The minimum Gasteiger partial charge on any atom is -0.384 e. The van der Waals surface area contributed by atoms with E-state index in [4.69, 9.17) is 4.74 Å². The van der Waals surface area contributed by atoms with Gasteiger partial charge in [0.15, 0.2) is 5.96 Å². The van der Waals surface area contributed by atoms with Gasteiger partial charge in [-0.2, -0.15) is 0 Å². The highest BCUT2D eigenvalue weighted by Crippen LogP contribution is 2.16. The second kappa shape index (κ2) is 10.5. The molecule has 26 heavy (non-hydrogen) atoms. The molecule has 1 N–H and O–H groups in total. The fraction of sp³-hybridized carbons (Fsp3) is 0.474. The van der Waals surface area contributed by atoms with Crippen molar-refractivity contribution in [3.63, 3.8) is 0 Å². The van der Waals surface area contributed by atoms with Crippen molar-refractivity contribution in [1.29, 1.82) is 0 Å². The van der Waals surface area contributed by atoms with Crippen LogP contribution in [0.1, 0.15) is 17.5 Å². The second-order valence-corrected chi connectivity index (χ2v) is 6.51. The van der Waals surface area contributed by atoms with Crippen LogP contribution in [0.15, 0.2) is 48.0 Å². The first-order valence-corrected chi connectivity index (χ1v) is 8.76. The number of benzene rings is 1. The van der Waals surface area contributed by atoms with Crippen molar-refractivity contribution in [2.75, 3.05) is 33.9 Å². The Bertz CT molecular complexity index is 689. The summed E-state index contributed by atoms with van der Waals surface area (Å²) >= 11 is 0. The van der Waals surface area contributed by atoms with Crippen LogP contribution in [0.3, 0.4) is 0 Å². The largest absolute Gasteiger partial charge is 0.384 e. The minimum atomic E-state index is 0. The standard InChI is InChI=1S/C19H27N5O.HI/c1-20-19(24-8-6-18(13-24)14-25-2)22-11-16-4-3-5-17(10-16)12-23-9-7-21-15-23;/h3-5,7,9-10,15,18H,6,8,11-14H2,1-2H3,(H,20,22);1H. The summed E-state index contributed by atoms with van der Waals surface area (Å²) in [5.41, 5.74) is 2.53. The zero-order valence-electron chi connectivity index (χ0n) is 15.5. The molecule has 0 spiro atoms. The quantitative estimate of drug-likeness (QED) is 0.402. The highest BCUT2D eigenvalue weighted by atomic mass is 127. The molecule has 142 valence electrons. The second-order valence-electron chi connectivity index (χ2n) is 6.51. The van der Waals surface area contributed by atoms with Crippen LogP contribution in [0.4, 0.5) is 0 Å². The lowest BCUT2D eigenvalue weighted by atomic mass is 10.1. The molecule has 0 amide bonds. The Balaban J connectivity index is 0.00000243. The molecular formula is C19H28IN5O. The number of aromatic nitrogens is 2. The molecule has 1 unspecified atom stereocenters. The van der Waals surface area contributed by atoms with Crippen LogP contribution in [0.25, 0.3) is 0 Å². The fourth-order valence-corrected chi connectivity index (χ4v) is 3.34. The van der Waals surface area contributed by atoms with E-state index in [1.165, 1.54) is 11.1 Å². The summed E-state index contributed by atoms with van der Waals surface area (Å²) < 4.78 is 7.35. The predicted molar refractivity (Wildman–Crippen MR) is 115 cm³/mol. The normalized spacial score (nSPS) is 17.2. The van der Waals surface area contributed by atoms with Gasteiger partial charge in [-0.1, -0.05) is 24.3 Å². The average Bonchev–Trinajstić information content (AvgIpc) is 3.29. The van der Waals surface area contributed by atoms with Crippen molar-refractivity contribution in [3.8, 4) is 0 Å². The van der Waals surface area contributed by atoms with Crippen LogP contribution < -0.4 is 5.32 Å². The Morgan fingerprint density at radius 3 is 2.96 bits per heavy atom. The van der Waals surface area contributed by atoms with Crippen LogP contribution in [-0.2, 0) is 17.8 Å². The summed E-state index contributed by atoms with van der Waals surface area (Å²) in [4.78, 5) is 10.9. The van der Waals surface area contributed by atoms with Gasteiger partial charge < -0.3 is 19.5 Å². The predicted octanol–water partition coefficient (Wildman–Crippen LogP) is 2.59. The van der Waals surface area contributed by atoms with Crippen LogP contribution >= 0.6 is 24.0 Å². The van der Waals surface area contributed by atoms with E-state index in [-0.39, 0.29) is 24.0 Å². The van der Waals surface area contributed by atoms with Gasteiger partial charge in [0.05, 0.1) is 12.9 Å². The lowest BCUT2D eigenvalue weighted by molar-refractivity contribution is 0.157. The van der Waals surface area contributed by atoms with Gasteiger partial charge in [0, 0.05) is 58.6 Å². The number of imidazole rings is 1. The number of ether oxygens (including phenoxy) is 1. The molecule has 6 nitrogen and oxygen atoms in total. The molecule has 0 bridgehead atoms. The van der Waals surface area contributed by atoms with E-state index < -0.39 is 0 Å². The average molecular weight is 469 g/mol. The van der Waals surface area contributed by atoms with Crippen molar-refractivity contribution in [2.45, 2.75) is 19.5 Å². The summed E-state index contributed by atoms with van der Waals surface area (Å²) in [5, 5.41) is 3.49. The molecule has 0 aliphatic carbocycles. The van der Waals surface area contributed by atoms with E-state index in [1.807, 2.05) is 25.8 Å². The first-order chi connectivity index (χ1) is 12.3. The lowest BCUT2D eigenvalue weighted by Crippen LogP contribution is -2.39. The van der Waals surface area contributed by atoms with Gasteiger partial charge >= 0.3 is 0 Å². The number of rotatable bonds is 6. The Labute approximate surface area is 172 Å². The van der Waals surface area contributed by atoms with Gasteiger partial charge in [0.1, 0.15) is 0 Å². The third-order valence-corrected chi connectivity index (χ3v) is 4.57. The van der Waals surface area contributed by atoms with Crippen LogP contribution in [0, 0.1) is 5.92 Å². The zero-order valence-corrected chi connectivity index (χ0v) is 17.8. The molecule has 1 aliphatic rings. The number of hydrogen-bond acceptors (Lipinski definition) is 3. The van der Waals surface area contributed by atoms with Gasteiger partial charge in [0.25, 0.3) is 0 Å². The highest BCUT2D eigenvalue weighted by molar-refractivity contribution is 14.0. The molecule has 1 aromatic carbocycles. The smallest absolute Gasteiger partial charge is 0.193 e. The third kappa shape index (κ3) is 5.70. The van der Waals surface area contributed by atoms with E-state index >= 15 is 0 Å². The van der Waals surface area contributed by atoms with Crippen molar-refractivity contribution < 1.29 is 4.74 Å². The van der Waals surface area contributed by atoms with Crippen molar-refractivity contribution in [1.82, 2.24) is 19.8 Å². The lowest BCUT2D eigenvalue weighted by Gasteiger charge is -2.22. The minimum absolute atomic E-state index is 0. The van der Waals surface area contributed by atoms with E-state index in [0.717, 1.165) is 45.2 Å². The van der Waals surface area contributed by atoms with Gasteiger partial charge in [0.2, 0.25) is 0 Å². The molecular weight excluding hydrogens is 441 g/mol. The van der Waals surface area contributed by atoms with Gasteiger partial charge in [-0.05, 0) is 17.5 Å². The first kappa shape index (κ1) is 20.7. The van der Waals surface area contributed by atoms with Gasteiger partial charge in [-0.15, -0.1) is 24.0 Å². The maximum Gasteiger partial charge on any atom is 0.193 e. The molecule has 0 radical (unpaired) electrons. The van der Waals surface area contributed by atoms with E-state index in [0.29, 0.717) is 5.92 Å². The van der Waals surface area contributed by atoms with Gasteiger partial charge in [-0.3, -0.25) is 4.99 Å². The fourth-order valence-electron chi connectivity index (χ4n) is 3.34. The maximum absolute atomic E-state index is 5.28. The monoisotopic (exact) mass is 469 g/mol.